The van der Waals surface area contributed by atoms with Gasteiger partial charge in [-0.25, -0.2) is 4.39 Å². The van der Waals surface area contributed by atoms with Crippen LogP contribution in [-0.4, -0.2) is 11.2 Å². The summed E-state index contributed by atoms with van der Waals surface area (Å²) in [6.07, 6.45) is 2.41. The maximum atomic E-state index is 12.8. The summed E-state index contributed by atoms with van der Waals surface area (Å²) < 4.78 is 12.8. The number of halogens is 2. The number of rotatable bonds is 1. The third kappa shape index (κ3) is 2.42. The summed E-state index contributed by atoms with van der Waals surface area (Å²) in [6.45, 7) is 3.80. The minimum absolute atomic E-state index is 0.0850. The highest BCUT2D eigenvalue weighted by molar-refractivity contribution is 6.29. The summed E-state index contributed by atoms with van der Waals surface area (Å²) in [5.41, 5.74) is 1.04. The fourth-order valence-electron chi connectivity index (χ4n) is 2.08. The van der Waals surface area contributed by atoms with Crippen LogP contribution in [-0.2, 0) is 4.79 Å². The zero-order valence-corrected chi connectivity index (χ0v) is 10.6. The monoisotopic (exact) mass is 252 g/mol. The molecule has 1 aromatic carbocycles. The van der Waals surface area contributed by atoms with Crippen LogP contribution < -0.4 is 0 Å². The van der Waals surface area contributed by atoms with Gasteiger partial charge in [-0.15, -0.1) is 11.6 Å². The summed E-state index contributed by atoms with van der Waals surface area (Å²) in [6, 6.07) is 6.04. The molecule has 0 aliphatic heterocycles. The van der Waals surface area contributed by atoms with Gasteiger partial charge in [0.15, 0.2) is 5.78 Å². The molecule has 0 amide bonds. The Morgan fingerprint density at radius 1 is 1.35 bits per heavy atom. The van der Waals surface area contributed by atoms with Crippen LogP contribution in [0.5, 0.6) is 0 Å². The summed E-state index contributed by atoms with van der Waals surface area (Å²) in [5, 5.41) is -0.248. The molecule has 1 aliphatic carbocycles. The lowest BCUT2D eigenvalue weighted by atomic mass is 9.90. The van der Waals surface area contributed by atoms with E-state index >= 15 is 0 Å². The van der Waals surface area contributed by atoms with Gasteiger partial charge < -0.3 is 0 Å². The highest BCUT2D eigenvalue weighted by Gasteiger charge is 2.42. The Balaban J connectivity index is 2.34. The second-order valence-electron chi connectivity index (χ2n) is 5.04. The van der Waals surface area contributed by atoms with Gasteiger partial charge in [-0.2, -0.15) is 0 Å². The first kappa shape index (κ1) is 12.3. The molecule has 1 aromatic rings. The molecular formula is C14H14ClFO. The second-order valence-corrected chi connectivity index (χ2v) is 5.56. The van der Waals surface area contributed by atoms with Crippen molar-refractivity contribution in [3.63, 3.8) is 0 Å². The number of alkyl halides is 1. The van der Waals surface area contributed by atoms with Crippen molar-refractivity contribution in [3.05, 3.63) is 41.2 Å². The molecule has 0 N–H and O–H groups in total. The molecule has 1 nitrogen and oxygen atoms in total. The Morgan fingerprint density at radius 2 is 1.94 bits per heavy atom. The average Bonchev–Trinajstić information content (AvgIpc) is 2.44. The van der Waals surface area contributed by atoms with Gasteiger partial charge in [0, 0.05) is 11.0 Å². The number of benzene rings is 1. The molecule has 1 saturated carbocycles. The predicted octanol–water partition coefficient (Wildman–Crippen LogP) is 3.82. The van der Waals surface area contributed by atoms with E-state index in [-0.39, 0.29) is 17.0 Å². The minimum Gasteiger partial charge on any atom is -0.294 e. The van der Waals surface area contributed by atoms with Gasteiger partial charge in [-0.3, -0.25) is 4.79 Å². The SMILES string of the molecule is CC1(C)CC(Cl)C(=Cc2ccc(F)cc2)C1=O. The van der Waals surface area contributed by atoms with Crippen LogP contribution in [0.15, 0.2) is 29.8 Å². The Labute approximate surface area is 105 Å². The van der Waals surface area contributed by atoms with Gasteiger partial charge in [0.25, 0.3) is 0 Å². The van der Waals surface area contributed by atoms with E-state index in [4.69, 9.17) is 11.6 Å². The Morgan fingerprint density at radius 3 is 2.41 bits per heavy atom. The molecule has 2 rings (SSSR count). The fraction of sp³-hybridized carbons (Fsp3) is 0.357. The lowest BCUT2D eigenvalue weighted by Crippen LogP contribution is -2.17. The van der Waals surface area contributed by atoms with Crippen molar-refractivity contribution < 1.29 is 9.18 Å². The van der Waals surface area contributed by atoms with Crippen LogP contribution in [0.4, 0.5) is 4.39 Å². The van der Waals surface area contributed by atoms with Gasteiger partial charge in [0.1, 0.15) is 5.82 Å². The van der Waals surface area contributed by atoms with Crippen molar-refractivity contribution in [2.45, 2.75) is 25.6 Å². The molecule has 1 unspecified atom stereocenters. The van der Waals surface area contributed by atoms with Gasteiger partial charge >= 0.3 is 0 Å². The number of hydrogen-bond acceptors (Lipinski definition) is 1. The molecule has 0 saturated heterocycles. The van der Waals surface area contributed by atoms with Crippen LogP contribution in [0.25, 0.3) is 6.08 Å². The number of ketones is 1. The predicted molar refractivity (Wildman–Crippen MR) is 67.4 cm³/mol. The van der Waals surface area contributed by atoms with Gasteiger partial charge in [-0.1, -0.05) is 26.0 Å². The molecule has 0 heterocycles. The third-order valence-corrected chi connectivity index (χ3v) is 3.49. The largest absolute Gasteiger partial charge is 0.294 e. The summed E-state index contributed by atoms with van der Waals surface area (Å²) >= 11 is 6.18. The van der Waals surface area contributed by atoms with E-state index < -0.39 is 5.41 Å². The topological polar surface area (TPSA) is 17.1 Å². The minimum atomic E-state index is -0.391. The first-order chi connectivity index (χ1) is 7.90. The third-order valence-electron chi connectivity index (χ3n) is 3.10. The first-order valence-electron chi connectivity index (χ1n) is 5.56. The van der Waals surface area contributed by atoms with Crippen molar-refractivity contribution in [3.8, 4) is 0 Å². The molecule has 90 valence electrons. The first-order valence-corrected chi connectivity index (χ1v) is 6.00. The molecule has 0 bridgehead atoms. The molecule has 0 radical (unpaired) electrons. The zero-order valence-electron chi connectivity index (χ0n) is 9.84. The maximum Gasteiger partial charge on any atom is 0.166 e. The fourth-order valence-corrected chi connectivity index (χ4v) is 2.63. The van der Waals surface area contributed by atoms with Crippen LogP contribution in [0.1, 0.15) is 25.8 Å². The van der Waals surface area contributed by atoms with Gasteiger partial charge in [0.05, 0.1) is 5.38 Å². The molecule has 17 heavy (non-hydrogen) atoms. The highest BCUT2D eigenvalue weighted by atomic mass is 35.5. The van der Waals surface area contributed by atoms with Crippen LogP contribution in [0.2, 0.25) is 0 Å². The number of hydrogen-bond donors (Lipinski definition) is 0. The molecule has 1 atom stereocenters. The quantitative estimate of drug-likeness (QED) is 0.549. The molecule has 0 spiro atoms. The Hall–Kier alpha value is -1.15. The number of Topliss-reactive ketones (excluding diaryl/α,β-unsaturated/α-hetero) is 1. The van der Waals surface area contributed by atoms with Crippen LogP contribution in [0.3, 0.4) is 0 Å². The lowest BCUT2D eigenvalue weighted by Gasteiger charge is -2.12. The number of carbonyl (C=O) groups is 1. The summed E-state index contributed by atoms with van der Waals surface area (Å²) in [7, 11) is 0. The Bertz CT molecular complexity index is 474. The van der Waals surface area contributed by atoms with E-state index in [0.717, 1.165) is 5.56 Å². The van der Waals surface area contributed by atoms with E-state index in [2.05, 4.69) is 0 Å². The zero-order chi connectivity index (χ0) is 12.6. The number of carbonyl (C=O) groups excluding carboxylic acids is 1. The van der Waals surface area contributed by atoms with Gasteiger partial charge in [-0.05, 0) is 30.2 Å². The summed E-state index contributed by atoms with van der Waals surface area (Å²) in [4.78, 5) is 12.1. The normalized spacial score (nSPS) is 25.5. The van der Waals surface area contributed by atoms with Crippen LogP contribution in [0, 0.1) is 11.2 Å². The van der Waals surface area contributed by atoms with Crippen molar-refractivity contribution in [1.29, 1.82) is 0 Å². The van der Waals surface area contributed by atoms with Crippen molar-refractivity contribution in [1.82, 2.24) is 0 Å². The molecular weight excluding hydrogens is 239 g/mol. The molecule has 0 aromatic heterocycles. The van der Waals surface area contributed by atoms with E-state index in [1.54, 1.807) is 18.2 Å². The van der Waals surface area contributed by atoms with E-state index in [1.807, 2.05) is 13.8 Å². The summed E-state index contributed by atoms with van der Waals surface area (Å²) in [5.74, 6) is -0.200. The lowest BCUT2D eigenvalue weighted by molar-refractivity contribution is -0.121. The van der Waals surface area contributed by atoms with E-state index in [1.165, 1.54) is 12.1 Å². The van der Waals surface area contributed by atoms with Crippen LogP contribution >= 0.6 is 11.6 Å². The highest BCUT2D eigenvalue weighted by Crippen LogP contribution is 2.41. The van der Waals surface area contributed by atoms with Crippen molar-refractivity contribution in [2.24, 2.45) is 5.41 Å². The molecule has 3 heteroatoms. The Kier molecular flexibility index (Phi) is 3.09. The second kappa shape index (κ2) is 4.26. The van der Waals surface area contributed by atoms with Crippen molar-refractivity contribution >= 4 is 23.5 Å². The smallest absolute Gasteiger partial charge is 0.166 e. The maximum absolute atomic E-state index is 12.8. The molecule has 1 aliphatic rings. The van der Waals surface area contributed by atoms with E-state index in [9.17, 15) is 9.18 Å². The average molecular weight is 253 g/mol. The van der Waals surface area contributed by atoms with Crippen molar-refractivity contribution in [2.75, 3.05) is 0 Å². The molecule has 1 fully saturated rings. The number of allylic oxidation sites excluding steroid dienone is 1. The van der Waals surface area contributed by atoms with E-state index in [0.29, 0.717) is 12.0 Å². The van der Waals surface area contributed by atoms with Gasteiger partial charge in [0.2, 0.25) is 0 Å². The standard InChI is InChI=1S/C14H14ClFO/c1-14(2)8-12(15)11(13(14)17)7-9-3-5-10(16)6-4-9/h3-7,12H,8H2,1-2H3.